The molecule has 1 aliphatic carbocycles. The van der Waals surface area contributed by atoms with Crippen molar-refractivity contribution in [2.45, 2.75) is 84.9 Å². The van der Waals surface area contributed by atoms with Gasteiger partial charge < -0.3 is 9.47 Å². The second-order valence-electron chi connectivity index (χ2n) is 11.0. The third-order valence-corrected chi connectivity index (χ3v) is 7.49. The summed E-state index contributed by atoms with van der Waals surface area (Å²) in [5.41, 5.74) is 0.424. The van der Waals surface area contributed by atoms with E-state index in [4.69, 9.17) is 9.47 Å². The Bertz CT molecular complexity index is 1060. The molecule has 2 aromatic carbocycles. The first-order valence-electron chi connectivity index (χ1n) is 13.0. The van der Waals surface area contributed by atoms with Crippen LogP contribution in [0, 0.1) is 17.3 Å². The van der Waals surface area contributed by atoms with Crippen LogP contribution in [-0.2, 0) is 22.1 Å². The van der Waals surface area contributed by atoms with Crippen LogP contribution in [0.2, 0.25) is 0 Å². The molecule has 3 nitrogen and oxygen atoms in total. The molecule has 1 saturated carbocycles. The van der Waals surface area contributed by atoms with Crippen LogP contribution in [0.5, 0.6) is 5.75 Å². The fraction of sp³-hybridized carbons (Fsp3) is 0.567. The maximum Gasteiger partial charge on any atom is 0.420 e. The van der Waals surface area contributed by atoms with E-state index < -0.39 is 11.7 Å². The monoisotopic (exact) mass is 504 g/mol. The summed E-state index contributed by atoms with van der Waals surface area (Å²) in [6, 6.07) is 8.28. The number of halogens is 3. The van der Waals surface area contributed by atoms with Gasteiger partial charge in [0.15, 0.2) is 0 Å². The summed E-state index contributed by atoms with van der Waals surface area (Å²) in [4.78, 5) is 11.7. The predicted octanol–water partition coefficient (Wildman–Crippen LogP) is 8.53. The van der Waals surface area contributed by atoms with Crippen molar-refractivity contribution < 1.29 is 27.4 Å². The summed E-state index contributed by atoms with van der Waals surface area (Å²) in [5, 5.41) is 0.700. The van der Waals surface area contributed by atoms with Crippen LogP contribution in [-0.4, -0.2) is 19.2 Å². The van der Waals surface area contributed by atoms with E-state index in [-0.39, 0.29) is 34.5 Å². The lowest BCUT2D eigenvalue weighted by Gasteiger charge is -2.37. The van der Waals surface area contributed by atoms with Crippen molar-refractivity contribution in [3.05, 3.63) is 53.6 Å². The van der Waals surface area contributed by atoms with Crippen molar-refractivity contribution in [3.63, 3.8) is 0 Å². The van der Waals surface area contributed by atoms with E-state index in [0.29, 0.717) is 30.6 Å². The number of carbonyl (C=O) groups excluding carboxylic acids is 1. The number of methoxy groups -OCH3 is 1. The number of fused-ring (bicyclic) bond motifs is 1. The fourth-order valence-electron chi connectivity index (χ4n) is 5.18. The molecule has 0 aliphatic heterocycles. The summed E-state index contributed by atoms with van der Waals surface area (Å²) in [5.74, 6) is 0.0824. The van der Waals surface area contributed by atoms with Gasteiger partial charge in [-0.15, -0.1) is 0 Å². The van der Waals surface area contributed by atoms with Gasteiger partial charge in [0.25, 0.3) is 0 Å². The van der Waals surface area contributed by atoms with Crippen LogP contribution in [0.3, 0.4) is 0 Å². The number of hydrogen-bond acceptors (Lipinski definition) is 3. The van der Waals surface area contributed by atoms with E-state index in [9.17, 15) is 18.0 Å². The van der Waals surface area contributed by atoms with Gasteiger partial charge in [0.2, 0.25) is 0 Å². The van der Waals surface area contributed by atoms with Crippen LogP contribution in [0.1, 0.15) is 77.3 Å². The smallest absolute Gasteiger partial charge is 0.420 e. The predicted molar refractivity (Wildman–Crippen MR) is 138 cm³/mol. The molecule has 1 fully saturated rings. The maximum atomic E-state index is 14.2. The number of ether oxygens (including phenoxy) is 2. The summed E-state index contributed by atoms with van der Waals surface area (Å²) >= 11 is 0. The quantitative estimate of drug-likeness (QED) is 0.267. The van der Waals surface area contributed by atoms with E-state index in [1.54, 1.807) is 24.3 Å². The van der Waals surface area contributed by atoms with Crippen molar-refractivity contribution in [2.75, 3.05) is 7.11 Å². The van der Waals surface area contributed by atoms with Crippen LogP contribution < -0.4 is 4.74 Å². The van der Waals surface area contributed by atoms with Crippen molar-refractivity contribution in [3.8, 4) is 5.75 Å². The molecule has 0 aromatic heterocycles. The Kier molecular flexibility index (Phi) is 9.13. The molecule has 1 atom stereocenters. The molecule has 0 N–H and O–H groups in total. The second-order valence-corrected chi connectivity index (χ2v) is 11.0. The molecule has 0 heterocycles. The van der Waals surface area contributed by atoms with Gasteiger partial charge in [-0.1, -0.05) is 64.1 Å². The molecule has 2 aromatic rings. The number of allylic oxidation sites excluding steroid dienone is 2. The van der Waals surface area contributed by atoms with Crippen molar-refractivity contribution >= 4 is 16.7 Å². The minimum absolute atomic E-state index is 0.0738. The first-order chi connectivity index (χ1) is 16.9. The zero-order valence-electron chi connectivity index (χ0n) is 22.1. The van der Waals surface area contributed by atoms with Gasteiger partial charge in [-0.25, -0.2) is 0 Å². The maximum absolute atomic E-state index is 14.2. The Hall–Kier alpha value is -2.50. The molecule has 36 heavy (non-hydrogen) atoms. The Balaban J connectivity index is 1.76. The highest BCUT2D eigenvalue weighted by molar-refractivity contribution is 5.89. The molecular formula is C30H39F3O3. The first-order valence-corrected chi connectivity index (χ1v) is 13.0. The minimum Gasteiger partial charge on any atom is -0.490 e. The highest BCUT2D eigenvalue weighted by Crippen LogP contribution is 2.44. The zero-order valence-corrected chi connectivity index (χ0v) is 22.1. The number of benzene rings is 2. The fourth-order valence-corrected chi connectivity index (χ4v) is 5.18. The van der Waals surface area contributed by atoms with Gasteiger partial charge in [-0.2, -0.15) is 13.2 Å². The van der Waals surface area contributed by atoms with E-state index >= 15 is 0 Å². The molecule has 0 bridgehead atoms. The summed E-state index contributed by atoms with van der Waals surface area (Å²) < 4.78 is 53.3. The van der Waals surface area contributed by atoms with Gasteiger partial charge in [-0.05, 0) is 78.7 Å². The third-order valence-electron chi connectivity index (χ3n) is 7.49. The Morgan fingerprint density at radius 3 is 2.33 bits per heavy atom. The molecule has 0 spiro atoms. The summed E-state index contributed by atoms with van der Waals surface area (Å²) in [6.07, 6.45) is 4.51. The molecule has 1 unspecified atom stereocenters. The normalized spacial score (nSPS) is 20.0. The van der Waals surface area contributed by atoms with Gasteiger partial charge in [0.05, 0.1) is 19.1 Å². The average molecular weight is 505 g/mol. The Morgan fingerprint density at radius 2 is 1.75 bits per heavy atom. The highest BCUT2D eigenvalue weighted by Gasteiger charge is 2.38. The largest absolute Gasteiger partial charge is 0.490 e. The molecule has 0 radical (unpaired) electrons. The summed E-state index contributed by atoms with van der Waals surface area (Å²) in [7, 11) is 1.38. The first kappa shape index (κ1) is 28.1. The topological polar surface area (TPSA) is 35.5 Å². The Labute approximate surface area is 213 Å². The summed E-state index contributed by atoms with van der Waals surface area (Å²) in [6.45, 7) is 8.60. The lowest BCUT2D eigenvalue weighted by atomic mass is 9.72. The lowest BCUT2D eigenvalue weighted by Crippen LogP contribution is -2.31. The third kappa shape index (κ3) is 7.04. The minimum atomic E-state index is -4.51. The van der Waals surface area contributed by atoms with Gasteiger partial charge in [0, 0.05) is 0 Å². The van der Waals surface area contributed by atoms with Crippen LogP contribution >= 0.6 is 0 Å². The van der Waals surface area contributed by atoms with Gasteiger partial charge in [0.1, 0.15) is 11.3 Å². The van der Waals surface area contributed by atoms with Crippen LogP contribution in [0.25, 0.3) is 10.8 Å². The van der Waals surface area contributed by atoms with Crippen LogP contribution in [0.15, 0.2) is 42.5 Å². The van der Waals surface area contributed by atoms with Crippen molar-refractivity contribution in [2.24, 2.45) is 17.3 Å². The van der Waals surface area contributed by atoms with E-state index in [0.717, 1.165) is 31.2 Å². The van der Waals surface area contributed by atoms with E-state index in [1.807, 2.05) is 19.1 Å². The average Bonchev–Trinajstić information content (AvgIpc) is 2.82. The highest BCUT2D eigenvalue weighted by atomic mass is 19.4. The molecule has 1 aliphatic rings. The zero-order chi connectivity index (χ0) is 26.5. The SMILES string of the molecule is CCC(C/C=C/Cc1ccc2c(C(F)(F)F)c(OC3CCC(C(C)(C)C)CC3)ccc2c1)C(=O)OC. The molecule has 0 amide bonds. The molecule has 198 valence electrons. The number of alkyl halides is 3. The van der Waals surface area contributed by atoms with Crippen molar-refractivity contribution in [1.29, 1.82) is 0 Å². The van der Waals surface area contributed by atoms with E-state index in [1.165, 1.54) is 13.2 Å². The standard InChI is InChI=1S/C30H39F3O3/c1-6-21(28(34)35-5)10-8-7-9-20-11-17-25-22(19-20)12-18-26(27(25)30(31,32)33)36-24-15-13-23(14-16-24)29(2,3)4/h7-8,11-12,17-19,21,23-24H,6,9-10,13-16H2,1-5H3/b8-7+. The number of esters is 1. The van der Waals surface area contributed by atoms with Gasteiger partial charge >= 0.3 is 12.1 Å². The lowest BCUT2D eigenvalue weighted by molar-refractivity contribution is -0.145. The Morgan fingerprint density at radius 1 is 1.06 bits per heavy atom. The number of rotatable bonds is 8. The molecular weight excluding hydrogens is 465 g/mol. The second kappa shape index (κ2) is 11.7. The molecule has 6 heteroatoms. The van der Waals surface area contributed by atoms with Crippen LogP contribution in [0.4, 0.5) is 13.2 Å². The number of hydrogen-bond donors (Lipinski definition) is 0. The van der Waals surface area contributed by atoms with Gasteiger partial charge in [-0.3, -0.25) is 4.79 Å². The number of carbonyl (C=O) groups is 1. The molecule has 3 rings (SSSR count). The molecule has 0 saturated heterocycles. The van der Waals surface area contributed by atoms with E-state index in [2.05, 4.69) is 20.8 Å². The van der Waals surface area contributed by atoms with Crippen molar-refractivity contribution in [1.82, 2.24) is 0 Å².